The van der Waals surface area contributed by atoms with Gasteiger partial charge in [0.15, 0.2) is 6.29 Å². The monoisotopic (exact) mass is 473 g/mol. The van der Waals surface area contributed by atoms with E-state index in [1.54, 1.807) is 14.2 Å². The number of unbranched alkanes of at least 4 members (excludes halogenated alkanes) is 1. The molecular weight excluding hydrogens is 434 g/mol. The normalized spacial score (nSPS) is 12.1. The van der Waals surface area contributed by atoms with Crippen LogP contribution in [0.25, 0.3) is 0 Å². The Morgan fingerprint density at radius 1 is 0.879 bits per heavy atom. The lowest BCUT2D eigenvalue weighted by Crippen LogP contribution is -2.66. The van der Waals surface area contributed by atoms with Gasteiger partial charge in [-0.05, 0) is 34.7 Å². The largest absolute Gasteiger partial charge is 0.447 e. The molecule has 0 saturated heterocycles. The van der Waals surface area contributed by atoms with E-state index >= 15 is 0 Å². The Kier molecular flexibility index (Phi) is 11.1. The maximum atomic E-state index is 12.1. The molecule has 1 N–H and O–H groups in total. The molecule has 0 aliphatic rings. The molecule has 0 radical (unpaired) electrons. The summed E-state index contributed by atoms with van der Waals surface area (Å²) in [6.45, 7) is 7.77. The summed E-state index contributed by atoms with van der Waals surface area (Å²) in [7, 11) is 0.636. The smallest absolute Gasteiger partial charge is 0.407 e. The first kappa shape index (κ1) is 27.1. The second-order valence-corrected chi connectivity index (χ2v) is 13.3. The quantitative estimate of drug-likeness (QED) is 0.270. The summed E-state index contributed by atoms with van der Waals surface area (Å²) in [6.07, 6.45) is 1.89. The number of benzene rings is 2. The molecule has 7 heteroatoms. The molecule has 182 valence electrons. The summed E-state index contributed by atoms with van der Waals surface area (Å²) < 4.78 is 22.4. The molecule has 0 unspecified atom stereocenters. The van der Waals surface area contributed by atoms with Gasteiger partial charge in [0.25, 0.3) is 8.32 Å². The van der Waals surface area contributed by atoms with Crippen LogP contribution in [-0.4, -0.2) is 54.7 Å². The van der Waals surface area contributed by atoms with E-state index < -0.39 is 14.4 Å². The Labute approximate surface area is 199 Å². The van der Waals surface area contributed by atoms with Gasteiger partial charge in [0, 0.05) is 20.8 Å². The van der Waals surface area contributed by atoms with Gasteiger partial charge < -0.3 is 24.0 Å². The average molecular weight is 474 g/mol. The SMILES string of the molecule is COC(CCCCNC(=O)OCCO[Si](c1ccccc1)(c1ccccc1)C(C)(C)C)OC. The minimum atomic E-state index is -2.61. The summed E-state index contributed by atoms with van der Waals surface area (Å²) in [5, 5.41) is 5.10. The zero-order chi connectivity index (χ0) is 24.2. The van der Waals surface area contributed by atoms with Crippen LogP contribution < -0.4 is 15.7 Å². The first-order valence-electron chi connectivity index (χ1n) is 11.6. The Hall–Kier alpha value is -2.19. The molecule has 2 aromatic rings. The molecule has 6 nitrogen and oxygen atoms in total. The first-order valence-corrected chi connectivity index (χ1v) is 13.5. The van der Waals surface area contributed by atoms with Crippen LogP contribution in [0.4, 0.5) is 4.79 Å². The van der Waals surface area contributed by atoms with E-state index in [0.29, 0.717) is 13.2 Å². The van der Waals surface area contributed by atoms with Crippen LogP contribution in [0.5, 0.6) is 0 Å². The second-order valence-electron chi connectivity index (χ2n) is 8.97. The van der Waals surface area contributed by atoms with Crippen LogP contribution in [0.1, 0.15) is 40.0 Å². The van der Waals surface area contributed by atoms with Crippen LogP contribution in [0, 0.1) is 0 Å². The average Bonchev–Trinajstić information content (AvgIpc) is 2.82. The molecule has 0 bridgehead atoms. The molecule has 0 saturated carbocycles. The van der Waals surface area contributed by atoms with Crippen molar-refractivity contribution in [3.63, 3.8) is 0 Å². The summed E-state index contributed by atoms with van der Waals surface area (Å²) in [5.74, 6) is 0. The zero-order valence-corrected chi connectivity index (χ0v) is 21.6. The molecule has 0 fully saturated rings. The van der Waals surface area contributed by atoms with E-state index in [0.717, 1.165) is 19.3 Å². The van der Waals surface area contributed by atoms with Crippen LogP contribution >= 0.6 is 0 Å². The van der Waals surface area contributed by atoms with Gasteiger partial charge in [-0.3, -0.25) is 0 Å². The summed E-state index contributed by atoms with van der Waals surface area (Å²) in [4.78, 5) is 12.1. The molecule has 1 amide bonds. The van der Waals surface area contributed by atoms with Crippen molar-refractivity contribution in [3.05, 3.63) is 60.7 Å². The standard InChI is InChI=1S/C26H39NO5Si/c1-26(2,3)33(22-14-8-6-9-15-22,23-16-10-7-11-17-23)32-21-20-31-25(28)27-19-13-12-18-24(29-4)30-5/h6-11,14-17,24H,12-13,18-21H2,1-5H3,(H,27,28). The van der Waals surface area contributed by atoms with Crippen LogP contribution in [-0.2, 0) is 18.6 Å². The predicted molar refractivity (Wildman–Crippen MR) is 135 cm³/mol. The van der Waals surface area contributed by atoms with Gasteiger partial charge in [-0.1, -0.05) is 81.4 Å². The van der Waals surface area contributed by atoms with Gasteiger partial charge in [0.05, 0.1) is 6.61 Å². The van der Waals surface area contributed by atoms with Crippen molar-refractivity contribution < 1.29 is 23.4 Å². The van der Waals surface area contributed by atoms with E-state index in [-0.39, 0.29) is 17.9 Å². The minimum Gasteiger partial charge on any atom is -0.447 e. The van der Waals surface area contributed by atoms with Gasteiger partial charge in [0.2, 0.25) is 0 Å². The van der Waals surface area contributed by atoms with Crippen molar-refractivity contribution in [2.24, 2.45) is 0 Å². The highest BCUT2D eigenvalue weighted by molar-refractivity contribution is 6.99. The number of nitrogens with one attached hydrogen (secondary N) is 1. The molecule has 2 rings (SSSR count). The highest BCUT2D eigenvalue weighted by atomic mass is 28.4. The molecule has 0 heterocycles. The summed E-state index contributed by atoms with van der Waals surface area (Å²) in [5.41, 5.74) is 0. The van der Waals surface area contributed by atoms with Crippen LogP contribution in [0.15, 0.2) is 60.7 Å². The third-order valence-electron chi connectivity index (χ3n) is 5.71. The topological polar surface area (TPSA) is 66.0 Å². The van der Waals surface area contributed by atoms with Gasteiger partial charge in [-0.2, -0.15) is 0 Å². The number of amides is 1. The number of carbonyl (C=O) groups excluding carboxylic acids is 1. The van der Waals surface area contributed by atoms with Gasteiger partial charge in [-0.15, -0.1) is 0 Å². The fourth-order valence-corrected chi connectivity index (χ4v) is 8.65. The number of ether oxygens (including phenoxy) is 3. The molecule has 0 aromatic heterocycles. The van der Waals surface area contributed by atoms with Crippen LogP contribution in [0.3, 0.4) is 0 Å². The second kappa shape index (κ2) is 13.5. The highest BCUT2D eigenvalue weighted by Crippen LogP contribution is 2.36. The maximum absolute atomic E-state index is 12.1. The first-order chi connectivity index (χ1) is 15.8. The lowest BCUT2D eigenvalue weighted by molar-refractivity contribution is -0.107. The lowest BCUT2D eigenvalue weighted by atomic mass is 10.2. The zero-order valence-electron chi connectivity index (χ0n) is 20.6. The number of methoxy groups -OCH3 is 2. The third-order valence-corrected chi connectivity index (χ3v) is 10.8. The van der Waals surface area contributed by atoms with Crippen molar-refractivity contribution >= 4 is 24.8 Å². The third kappa shape index (κ3) is 7.67. The van der Waals surface area contributed by atoms with Gasteiger partial charge >= 0.3 is 6.09 Å². The minimum absolute atomic E-state index is 0.111. The number of hydrogen-bond acceptors (Lipinski definition) is 5. The van der Waals surface area contributed by atoms with Gasteiger partial charge in [0.1, 0.15) is 6.61 Å². The Morgan fingerprint density at radius 3 is 1.91 bits per heavy atom. The predicted octanol–water partition coefficient (Wildman–Crippen LogP) is 4.08. The Morgan fingerprint density at radius 2 is 1.42 bits per heavy atom. The molecule has 33 heavy (non-hydrogen) atoms. The fourth-order valence-electron chi connectivity index (χ4n) is 4.10. The Balaban J connectivity index is 1.93. The van der Waals surface area contributed by atoms with Crippen LogP contribution in [0.2, 0.25) is 5.04 Å². The lowest BCUT2D eigenvalue weighted by Gasteiger charge is -2.43. The summed E-state index contributed by atoms with van der Waals surface area (Å²) in [6, 6.07) is 20.9. The number of hydrogen-bond donors (Lipinski definition) is 1. The van der Waals surface area contributed by atoms with Crippen molar-refractivity contribution in [1.82, 2.24) is 5.32 Å². The molecule has 0 aliphatic heterocycles. The highest BCUT2D eigenvalue weighted by Gasteiger charge is 2.50. The van der Waals surface area contributed by atoms with E-state index in [1.807, 2.05) is 12.1 Å². The molecule has 0 aliphatic carbocycles. The van der Waals surface area contributed by atoms with Gasteiger partial charge in [-0.25, -0.2) is 4.79 Å². The van der Waals surface area contributed by atoms with E-state index in [4.69, 9.17) is 18.6 Å². The summed E-state index contributed by atoms with van der Waals surface area (Å²) >= 11 is 0. The van der Waals surface area contributed by atoms with E-state index in [9.17, 15) is 4.79 Å². The molecular formula is C26H39NO5Si. The van der Waals surface area contributed by atoms with Crippen molar-refractivity contribution in [1.29, 1.82) is 0 Å². The number of rotatable bonds is 13. The number of alkyl carbamates (subject to hydrolysis) is 1. The maximum Gasteiger partial charge on any atom is 0.407 e. The molecule has 0 spiro atoms. The van der Waals surface area contributed by atoms with Crippen molar-refractivity contribution in [2.75, 3.05) is 34.0 Å². The molecule has 2 aromatic carbocycles. The van der Waals surface area contributed by atoms with Crippen molar-refractivity contribution in [2.45, 2.75) is 51.4 Å². The number of carbonyl (C=O) groups is 1. The van der Waals surface area contributed by atoms with Crippen molar-refractivity contribution in [3.8, 4) is 0 Å². The Bertz CT molecular complexity index is 767. The van der Waals surface area contributed by atoms with E-state index in [2.05, 4.69) is 74.6 Å². The fraction of sp³-hybridized carbons (Fsp3) is 0.500. The van der Waals surface area contributed by atoms with E-state index in [1.165, 1.54) is 10.4 Å². The molecule has 0 atom stereocenters.